The monoisotopic (exact) mass is 796 g/mol. The molecular weight excluding hydrogens is 719 g/mol. The lowest BCUT2D eigenvalue weighted by Gasteiger charge is -2.18. The Bertz CT molecular complexity index is 1040. The van der Waals surface area contributed by atoms with Gasteiger partial charge in [-0.2, -0.15) is 23.5 Å². The van der Waals surface area contributed by atoms with Crippen molar-refractivity contribution in [3.63, 3.8) is 0 Å². The van der Waals surface area contributed by atoms with Gasteiger partial charge in [0.15, 0.2) is 6.10 Å². The molecule has 1 aromatic carbocycles. The fourth-order valence-electron chi connectivity index (χ4n) is 6.26. The number of thioether (sulfide) groups is 2. The second-order valence-corrected chi connectivity index (χ2v) is 17.1. The largest absolute Gasteiger partial charge is 0.462 e. The fourth-order valence-corrected chi connectivity index (χ4v) is 8.31. The number of unbranched alkanes of at least 4 members (excludes halogenated alkanes) is 20. The Kier molecular flexibility index (Phi) is 35.5. The van der Waals surface area contributed by atoms with Crippen molar-refractivity contribution in [3.05, 3.63) is 39.9 Å². The third-order valence-corrected chi connectivity index (χ3v) is 11.9. The average Bonchev–Trinajstić information content (AvgIpc) is 3.17. The van der Waals surface area contributed by atoms with Crippen LogP contribution in [0.25, 0.3) is 0 Å². The van der Waals surface area contributed by atoms with Crippen LogP contribution in [0.5, 0.6) is 0 Å². The Labute approximate surface area is 338 Å². The highest BCUT2D eigenvalue weighted by atomic mass is 32.2. The maximum absolute atomic E-state index is 12.7. The number of esters is 2. The number of carbonyl (C=O) groups excluding carboxylic acids is 2. The van der Waals surface area contributed by atoms with Crippen LogP contribution in [0.2, 0.25) is 0 Å². The van der Waals surface area contributed by atoms with E-state index in [4.69, 9.17) is 14.2 Å². The van der Waals surface area contributed by atoms with Crippen LogP contribution in [-0.4, -0.2) is 59.2 Å². The van der Waals surface area contributed by atoms with Gasteiger partial charge in [-0.05, 0) is 67.6 Å². The molecule has 0 bridgehead atoms. The summed E-state index contributed by atoms with van der Waals surface area (Å²) < 4.78 is 17.0. The normalized spacial score (nSPS) is 11.8. The minimum Gasteiger partial charge on any atom is -0.462 e. The van der Waals surface area contributed by atoms with Crippen LogP contribution < -0.4 is 0 Å². The van der Waals surface area contributed by atoms with Crippen molar-refractivity contribution in [2.75, 3.05) is 36.2 Å². The molecule has 1 atom stereocenters. The number of nitrogens with zero attached hydrogens (tertiary/aromatic N) is 1. The van der Waals surface area contributed by atoms with Gasteiger partial charge in [-0.1, -0.05) is 142 Å². The van der Waals surface area contributed by atoms with Gasteiger partial charge in [-0.25, -0.2) is 0 Å². The molecule has 0 amide bonds. The molecule has 0 aliphatic carbocycles. The number of hydrogen-bond acceptors (Lipinski definition) is 9. The molecule has 0 spiro atoms. The van der Waals surface area contributed by atoms with Crippen molar-refractivity contribution in [2.24, 2.45) is 0 Å². The number of hydrogen-bond donors (Lipinski definition) is 0. The Morgan fingerprint density at radius 2 is 1.02 bits per heavy atom. The van der Waals surface area contributed by atoms with Gasteiger partial charge >= 0.3 is 11.9 Å². The summed E-state index contributed by atoms with van der Waals surface area (Å²) in [5.74, 6) is 4.49. The number of nitro benzene ring substituents is 1. The van der Waals surface area contributed by atoms with Crippen molar-refractivity contribution in [2.45, 2.75) is 193 Å². The van der Waals surface area contributed by atoms with Gasteiger partial charge in [0, 0.05) is 18.9 Å². The zero-order valence-electron chi connectivity index (χ0n) is 34.3. The first-order chi connectivity index (χ1) is 26.5. The lowest BCUT2D eigenvalue weighted by molar-refractivity contribution is -0.386. The number of nitro groups is 1. The molecule has 8 nitrogen and oxygen atoms in total. The Hall–Kier alpha value is -1.78. The van der Waals surface area contributed by atoms with E-state index in [0.717, 1.165) is 38.5 Å². The van der Waals surface area contributed by atoms with Gasteiger partial charge < -0.3 is 14.2 Å². The van der Waals surface area contributed by atoms with Gasteiger partial charge in [0.05, 0.1) is 23.7 Å². The molecule has 0 heterocycles. The van der Waals surface area contributed by atoms with Gasteiger partial charge in [0.2, 0.25) is 0 Å². The van der Waals surface area contributed by atoms with Crippen LogP contribution in [-0.2, 0) is 30.4 Å². The van der Waals surface area contributed by atoms with E-state index in [-0.39, 0.29) is 37.4 Å². The predicted octanol–water partition coefficient (Wildman–Crippen LogP) is 13.2. The lowest BCUT2D eigenvalue weighted by atomic mass is 10.1. The number of ether oxygens (including phenoxy) is 3. The molecule has 0 aromatic heterocycles. The average molecular weight is 796 g/mol. The van der Waals surface area contributed by atoms with Gasteiger partial charge in [-0.15, -0.1) is 0 Å². The van der Waals surface area contributed by atoms with Crippen molar-refractivity contribution >= 4 is 41.1 Å². The quantitative estimate of drug-likeness (QED) is 0.0278. The maximum atomic E-state index is 12.7. The third kappa shape index (κ3) is 31.4. The standard InChI is InChI=1S/C44H77NO7S2/c1-3-5-7-17-25-33-53-35-27-19-13-9-11-15-21-31-43(46)51-39-41(38-50-37-40-29-23-24-30-42(40)45(48)49)52-44(47)32-22-16-12-10-14-20-28-36-54-34-26-18-8-6-4-2/h23-24,29-30,41H,3-22,25-28,31-39H2,1-2H3. The van der Waals surface area contributed by atoms with E-state index >= 15 is 0 Å². The van der Waals surface area contributed by atoms with Crippen molar-refractivity contribution in [3.8, 4) is 0 Å². The molecule has 1 unspecified atom stereocenters. The second-order valence-electron chi connectivity index (χ2n) is 14.7. The minimum absolute atomic E-state index is 0.00511. The highest BCUT2D eigenvalue weighted by molar-refractivity contribution is 7.99. The van der Waals surface area contributed by atoms with E-state index in [9.17, 15) is 19.7 Å². The SMILES string of the molecule is CCCCCCCSCCCCCCCCCC(=O)OCC(COCc1ccccc1[N+](=O)[O-])OC(=O)CCCCCCCCCSCCCCCCC. The zero-order valence-corrected chi connectivity index (χ0v) is 36.0. The zero-order chi connectivity index (χ0) is 39.2. The Morgan fingerprint density at radius 3 is 1.50 bits per heavy atom. The number of rotatable bonds is 40. The van der Waals surface area contributed by atoms with E-state index in [2.05, 4.69) is 37.4 Å². The molecule has 0 fully saturated rings. The van der Waals surface area contributed by atoms with Crippen molar-refractivity contribution < 1.29 is 28.7 Å². The summed E-state index contributed by atoms with van der Waals surface area (Å²) in [4.78, 5) is 36.2. The molecule has 0 aliphatic rings. The smallest absolute Gasteiger partial charge is 0.306 e. The van der Waals surface area contributed by atoms with E-state index < -0.39 is 11.0 Å². The topological polar surface area (TPSA) is 105 Å². The summed E-state index contributed by atoms with van der Waals surface area (Å²) in [6.45, 7) is 4.41. The number of carbonyl (C=O) groups is 2. The van der Waals surface area contributed by atoms with Gasteiger partial charge in [-0.3, -0.25) is 19.7 Å². The molecule has 0 aliphatic heterocycles. The highest BCUT2D eigenvalue weighted by Crippen LogP contribution is 2.19. The summed E-state index contributed by atoms with van der Waals surface area (Å²) >= 11 is 4.20. The molecular formula is C44H77NO7S2. The summed E-state index contributed by atoms with van der Waals surface area (Å²) in [5.41, 5.74) is 0.417. The molecule has 0 N–H and O–H groups in total. The Morgan fingerprint density at radius 1 is 0.593 bits per heavy atom. The first-order valence-electron chi connectivity index (χ1n) is 21.8. The highest BCUT2D eigenvalue weighted by Gasteiger charge is 2.19. The van der Waals surface area contributed by atoms with Crippen LogP contribution in [0.4, 0.5) is 5.69 Å². The summed E-state index contributed by atoms with van der Waals surface area (Å²) in [6, 6.07) is 6.41. The molecule has 10 heteroatoms. The van der Waals surface area contributed by atoms with Crippen LogP contribution in [0.1, 0.15) is 186 Å². The summed E-state index contributed by atoms with van der Waals surface area (Å²) in [5, 5.41) is 11.4. The molecule has 0 saturated heterocycles. The fraction of sp³-hybridized carbons (Fsp3) is 0.818. The van der Waals surface area contributed by atoms with Gasteiger partial charge in [0.25, 0.3) is 5.69 Å². The second kappa shape index (κ2) is 38.1. The molecule has 1 rings (SSSR count). The molecule has 0 saturated carbocycles. The van der Waals surface area contributed by atoms with E-state index in [1.165, 1.54) is 145 Å². The first-order valence-corrected chi connectivity index (χ1v) is 24.1. The first kappa shape index (κ1) is 50.2. The molecule has 54 heavy (non-hydrogen) atoms. The van der Waals surface area contributed by atoms with E-state index in [0.29, 0.717) is 18.4 Å². The van der Waals surface area contributed by atoms with Crippen LogP contribution in [0, 0.1) is 10.1 Å². The number of para-hydroxylation sites is 1. The van der Waals surface area contributed by atoms with Crippen molar-refractivity contribution in [1.29, 1.82) is 0 Å². The predicted molar refractivity (Wildman–Crippen MR) is 230 cm³/mol. The lowest BCUT2D eigenvalue weighted by Crippen LogP contribution is -2.29. The molecule has 0 radical (unpaired) electrons. The van der Waals surface area contributed by atoms with E-state index in [1.54, 1.807) is 18.2 Å². The maximum Gasteiger partial charge on any atom is 0.306 e. The Balaban J connectivity index is 2.26. The van der Waals surface area contributed by atoms with Crippen LogP contribution in [0.3, 0.4) is 0 Å². The van der Waals surface area contributed by atoms with Gasteiger partial charge in [0.1, 0.15) is 6.61 Å². The van der Waals surface area contributed by atoms with Crippen molar-refractivity contribution in [1.82, 2.24) is 0 Å². The molecule has 312 valence electrons. The minimum atomic E-state index is -0.766. The third-order valence-electron chi connectivity index (χ3n) is 9.60. The molecule has 1 aromatic rings. The summed E-state index contributed by atoms with van der Waals surface area (Å²) in [7, 11) is 0. The van der Waals surface area contributed by atoms with Crippen LogP contribution in [0.15, 0.2) is 24.3 Å². The number of benzene rings is 1. The summed E-state index contributed by atoms with van der Waals surface area (Å²) in [6.07, 6.45) is 29.2. The van der Waals surface area contributed by atoms with E-state index in [1.807, 2.05) is 0 Å². The van der Waals surface area contributed by atoms with Crippen LogP contribution >= 0.6 is 23.5 Å².